The summed E-state index contributed by atoms with van der Waals surface area (Å²) in [5, 5.41) is 6.69. The van der Waals surface area contributed by atoms with Gasteiger partial charge in [-0.25, -0.2) is 0 Å². The molecule has 0 radical (unpaired) electrons. The molecule has 0 spiro atoms. The second-order valence-electron chi connectivity index (χ2n) is 7.04. The summed E-state index contributed by atoms with van der Waals surface area (Å²) in [6.45, 7) is 8.53. The lowest BCUT2D eigenvalue weighted by atomic mass is 9.84. The maximum Gasteiger partial charge on any atom is 0.237 e. The summed E-state index contributed by atoms with van der Waals surface area (Å²) in [6, 6.07) is 0.710. The lowest BCUT2D eigenvalue weighted by molar-refractivity contribution is -0.123. The molecule has 1 amide bonds. The van der Waals surface area contributed by atoms with Crippen molar-refractivity contribution in [3.05, 3.63) is 0 Å². The van der Waals surface area contributed by atoms with Crippen LogP contribution < -0.4 is 10.6 Å². The Hall–Kier alpha value is -0.570. The first kappa shape index (κ1) is 15.8. The summed E-state index contributed by atoms with van der Waals surface area (Å²) in [5.74, 6) is 2.84. The van der Waals surface area contributed by atoms with Gasteiger partial charge in [0.1, 0.15) is 0 Å². The van der Waals surface area contributed by atoms with Crippen molar-refractivity contribution in [1.29, 1.82) is 0 Å². The maximum atomic E-state index is 12.2. The molecule has 0 aromatic rings. The lowest BCUT2D eigenvalue weighted by Gasteiger charge is -2.31. The highest BCUT2D eigenvalue weighted by molar-refractivity contribution is 5.81. The van der Waals surface area contributed by atoms with Gasteiger partial charge in [-0.05, 0) is 63.7 Å². The van der Waals surface area contributed by atoms with Gasteiger partial charge in [0.05, 0.1) is 6.04 Å². The van der Waals surface area contributed by atoms with Gasteiger partial charge >= 0.3 is 0 Å². The molecule has 116 valence electrons. The molecule has 2 fully saturated rings. The monoisotopic (exact) mass is 280 g/mol. The van der Waals surface area contributed by atoms with Crippen LogP contribution in [0.4, 0.5) is 0 Å². The van der Waals surface area contributed by atoms with Crippen molar-refractivity contribution in [3.8, 4) is 0 Å². The lowest BCUT2D eigenvalue weighted by Crippen LogP contribution is -2.50. The topological polar surface area (TPSA) is 41.1 Å². The van der Waals surface area contributed by atoms with Crippen molar-refractivity contribution in [2.45, 2.75) is 84.3 Å². The SMILES string of the molecule is CCC(CC)NC(=O)C(C)NC(C)C1CC2CCC1C2. The van der Waals surface area contributed by atoms with Crippen molar-refractivity contribution in [2.24, 2.45) is 17.8 Å². The van der Waals surface area contributed by atoms with Crippen LogP contribution in [-0.4, -0.2) is 24.0 Å². The van der Waals surface area contributed by atoms with E-state index in [-0.39, 0.29) is 11.9 Å². The Morgan fingerprint density at radius 1 is 1.15 bits per heavy atom. The first-order valence-corrected chi connectivity index (χ1v) is 8.61. The average molecular weight is 280 g/mol. The molecule has 2 aliphatic rings. The van der Waals surface area contributed by atoms with Gasteiger partial charge < -0.3 is 10.6 Å². The van der Waals surface area contributed by atoms with Crippen LogP contribution in [0.15, 0.2) is 0 Å². The fraction of sp³-hybridized carbons (Fsp3) is 0.941. The van der Waals surface area contributed by atoms with E-state index in [2.05, 4.69) is 31.4 Å². The maximum absolute atomic E-state index is 12.2. The van der Waals surface area contributed by atoms with Gasteiger partial charge in [-0.3, -0.25) is 4.79 Å². The largest absolute Gasteiger partial charge is 0.352 e. The molecule has 0 aromatic heterocycles. The van der Waals surface area contributed by atoms with E-state index in [4.69, 9.17) is 0 Å². The zero-order valence-electron chi connectivity index (χ0n) is 13.6. The van der Waals surface area contributed by atoms with Crippen LogP contribution in [0.1, 0.15) is 66.2 Å². The average Bonchev–Trinajstić information content (AvgIpc) is 3.06. The molecule has 3 heteroatoms. The third-order valence-corrected chi connectivity index (χ3v) is 5.67. The number of rotatable bonds is 7. The molecule has 0 saturated heterocycles. The quantitative estimate of drug-likeness (QED) is 0.752. The molecule has 0 aromatic carbocycles. The normalized spacial score (nSPS) is 31.6. The summed E-state index contributed by atoms with van der Waals surface area (Å²) in [5.41, 5.74) is 0. The van der Waals surface area contributed by atoms with Gasteiger partial charge in [0, 0.05) is 12.1 Å². The highest BCUT2D eigenvalue weighted by Gasteiger charge is 2.42. The van der Waals surface area contributed by atoms with E-state index in [0.29, 0.717) is 12.1 Å². The second kappa shape index (κ2) is 6.93. The van der Waals surface area contributed by atoms with Crippen LogP contribution in [0.25, 0.3) is 0 Å². The predicted octanol–water partition coefficient (Wildman–Crippen LogP) is 3.09. The zero-order valence-corrected chi connectivity index (χ0v) is 13.6. The fourth-order valence-electron chi connectivity index (χ4n) is 4.32. The van der Waals surface area contributed by atoms with Crippen LogP contribution in [0, 0.1) is 17.8 Å². The molecule has 2 aliphatic carbocycles. The number of carbonyl (C=O) groups is 1. The van der Waals surface area contributed by atoms with E-state index in [1.54, 1.807) is 0 Å². The van der Waals surface area contributed by atoms with E-state index < -0.39 is 0 Å². The number of hydrogen-bond acceptors (Lipinski definition) is 2. The van der Waals surface area contributed by atoms with E-state index in [1.807, 2.05) is 6.92 Å². The third-order valence-electron chi connectivity index (χ3n) is 5.67. The van der Waals surface area contributed by atoms with Gasteiger partial charge in [-0.1, -0.05) is 20.3 Å². The van der Waals surface area contributed by atoms with Gasteiger partial charge in [-0.2, -0.15) is 0 Å². The summed E-state index contributed by atoms with van der Waals surface area (Å²) >= 11 is 0. The van der Waals surface area contributed by atoms with E-state index in [1.165, 1.54) is 25.7 Å². The van der Waals surface area contributed by atoms with Crippen LogP contribution in [0.3, 0.4) is 0 Å². The standard InChI is InChI=1S/C17H32N2O/c1-5-15(6-2)19-17(20)12(4)18-11(3)16-10-13-7-8-14(16)9-13/h11-16,18H,5-10H2,1-4H3,(H,19,20). The number of fused-ring (bicyclic) bond motifs is 2. The highest BCUT2D eigenvalue weighted by Crippen LogP contribution is 2.49. The Labute approximate surface area is 124 Å². The minimum atomic E-state index is -0.0790. The Morgan fingerprint density at radius 3 is 2.35 bits per heavy atom. The molecule has 2 N–H and O–H groups in total. The highest BCUT2D eigenvalue weighted by atomic mass is 16.2. The van der Waals surface area contributed by atoms with Gasteiger partial charge in [0.15, 0.2) is 0 Å². The molecular weight excluding hydrogens is 248 g/mol. The van der Waals surface area contributed by atoms with Crippen molar-refractivity contribution in [3.63, 3.8) is 0 Å². The van der Waals surface area contributed by atoms with Crippen LogP contribution in [-0.2, 0) is 4.79 Å². The molecule has 2 saturated carbocycles. The number of carbonyl (C=O) groups excluding carboxylic acids is 1. The minimum absolute atomic E-state index is 0.0790. The number of amides is 1. The van der Waals surface area contributed by atoms with Crippen molar-refractivity contribution >= 4 is 5.91 Å². The molecule has 5 atom stereocenters. The molecule has 2 bridgehead atoms. The van der Waals surface area contributed by atoms with Crippen LogP contribution in [0.2, 0.25) is 0 Å². The van der Waals surface area contributed by atoms with E-state index in [0.717, 1.165) is 30.6 Å². The van der Waals surface area contributed by atoms with Crippen LogP contribution in [0.5, 0.6) is 0 Å². The molecule has 5 unspecified atom stereocenters. The summed E-state index contributed by atoms with van der Waals surface area (Å²) in [6.07, 6.45) is 7.69. The summed E-state index contributed by atoms with van der Waals surface area (Å²) < 4.78 is 0. The smallest absolute Gasteiger partial charge is 0.237 e. The van der Waals surface area contributed by atoms with Crippen molar-refractivity contribution in [2.75, 3.05) is 0 Å². The molecular formula is C17H32N2O. The Kier molecular flexibility index (Phi) is 5.48. The van der Waals surface area contributed by atoms with E-state index >= 15 is 0 Å². The summed E-state index contributed by atoms with van der Waals surface area (Å²) in [4.78, 5) is 12.2. The summed E-state index contributed by atoms with van der Waals surface area (Å²) in [7, 11) is 0. The minimum Gasteiger partial charge on any atom is -0.352 e. The first-order chi connectivity index (χ1) is 9.55. The predicted molar refractivity (Wildman–Crippen MR) is 83.5 cm³/mol. The number of hydrogen-bond donors (Lipinski definition) is 2. The fourth-order valence-corrected chi connectivity index (χ4v) is 4.32. The van der Waals surface area contributed by atoms with Crippen LogP contribution >= 0.6 is 0 Å². The molecule has 0 heterocycles. The Bertz CT molecular complexity index is 327. The Morgan fingerprint density at radius 2 is 1.85 bits per heavy atom. The van der Waals surface area contributed by atoms with E-state index in [9.17, 15) is 4.79 Å². The first-order valence-electron chi connectivity index (χ1n) is 8.61. The second-order valence-corrected chi connectivity index (χ2v) is 7.04. The van der Waals surface area contributed by atoms with Crippen molar-refractivity contribution in [1.82, 2.24) is 10.6 Å². The molecule has 2 rings (SSSR count). The molecule has 20 heavy (non-hydrogen) atoms. The van der Waals surface area contributed by atoms with Gasteiger partial charge in [0.2, 0.25) is 5.91 Å². The van der Waals surface area contributed by atoms with Gasteiger partial charge in [-0.15, -0.1) is 0 Å². The zero-order chi connectivity index (χ0) is 14.7. The van der Waals surface area contributed by atoms with Gasteiger partial charge in [0.25, 0.3) is 0 Å². The molecule has 3 nitrogen and oxygen atoms in total. The number of nitrogens with one attached hydrogen (secondary N) is 2. The molecule has 0 aliphatic heterocycles. The van der Waals surface area contributed by atoms with Crippen molar-refractivity contribution < 1.29 is 4.79 Å². The third kappa shape index (κ3) is 3.55. The Balaban J connectivity index is 1.78.